The fraction of sp³-hybridized carbons (Fsp3) is 0.348. The van der Waals surface area contributed by atoms with Gasteiger partial charge in [0.2, 0.25) is 0 Å². The lowest BCUT2D eigenvalue weighted by Crippen LogP contribution is -2.46. The fourth-order valence-electron chi connectivity index (χ4n) is 2.56. The third-order valence-corrected chi connectivity index (χ3v) is 4.26. The molecule has 2 rings (SSSR count). The minimum absolute atomic E-state index is 0.212. The summed E-state index contributed by atoms with van der Waals surface area (Å²) in [6.45, 7) is 2.30. The van der Waals surface area contributed by atoms with Crippen LogP contribution in [0.25, 0.3) is 0 Å². The minimum Gasteiger partial charge on any atom is -0.494 e. The van der Waals surface area contributed by atoms with Gasteiger partial charge in [-0.3, -0.25) is 25.2 Å². The maximum atomic E-state index is 12.1. The van der Waals surface area contributed by atoms with Gasteiger partial charge in [0.25, 0.3) is 17.7 Å². The molecule has 0 aromatic heterocycles. The number of ether oxygens (including phenoxy) is 2. The molecule has 0 fully saturated rings. The SMILES string of the molecule is CCCCCCOc1ccc(C(=O)NNC(=O)CNC(=O)COc2ccccc2)cc1. The average Bonchev–Trinajstić information content (AvgIpc) is 2.80. The Morgan fingerprint density at radius 3 is 2.19 bits per heavy atom. The van der Waals surface area contributed by atoms with E-state index in [2.05, 4.69) is 23.1 Å². The molecule has 0 bridgehead atoms. The number of hydrazine groups is 1. The topological polar surface area (TPSA) is 106 Å². The standard InChI is InChI=1S/C23H29N3O5/c1-2-3-4-8-15-30-20-13-11-18(12-14-20)23(29)26-25-21(27)16-24-22(28)17-31-19-9-6-5-7-10-19/h5-7,9-14H,2-4,8,15-17H2,1H3,(H,24,28)(H,25,27)(H,26,29). The van der Waals surface area contributed by atoms with Crippen LogP contribution in [0.5, 0.6) is 11.5 Å². The number of hydrogen-bond donors (Lipinski definition) is 3. The molecule has 8 nitrogen and oxygen atoms in total. The number of carbonyl (C=O) groups is 3. The first-order valence-electron chi connectivity index (χ1n) is 10.3. The van der Waals surface area contributed by atoms with Crippen molar-refractivity contribution in [3.8, 4) is 11.5 Å². The maximum absolute atomic E-state index is 12.1. The predicted octanol–water partition coefficient (Wildman–Crippen LogP) is 2.60. The second-order valence-corrected chi connectivity index (χ2v) is 6.81. The van der Waals surface area contributed by atoms with Crippen molar-refractivity contribution in [2.24, 2.45) is 0 Å². The Morgan fingerprint density at radius 2 is 1.48 bits per heavy atom. The average molecular weight is 428 g/mol. The summed E-state index contributed by atoms with van der Waals surface area (Å²) >= 11 is 0. The van der Waals surface area contributed by atoms with Gasteiger partial charge in [-0.05, 0) is 42.8 Å². The van der Waals surface area contributed by atoms with Crippen LogP contribution in [0.2, 0.25) is 0 Å². The number of amides is 3. The van der Waals surface area contributed by atoms with Crippen molar-refractivity contribution < 1.29 is 23.9 Å². The molecule has 0 aliphatic heterocycles. The van der Waals surface area contributed by atoms with Gasteiger partial charge in [0.05, 0.1) is 13.2 Å². The van der Waals surface area contributed by atoms with Gasteiger partial charge in [0, 0.05) is 5.56 Å². The van der Waals surface area contributed by atoms with Gasteiger partial charge in [-0.25, -0.2) is 0 Å². The van der Waals surface area contributed by atoms with Crippen LogP contribution in [-0.2, 0) is 9.59 Å². The van der Waals surface area contributed by atoms with Crippen LogP contribution in [-0.4, -0.2) is 37.5 Å². The molecule has 2 aromatic rings. The normalized spacial score (nSPS) is 10.1. The highest BCUT2D eigenvalue weighted by atomic mass is 16.5. The third kappa shape index (κ3) is 9.66. The molecular weight excluding hydrogens is 398 g/mol. The molecule has 0 heterocycles. The van der Waals surface area contributed by atoms with E-state index in [-0.39, 0.29) is 13.2 Å². The Labute approximate surface area is 182 Å². The van der Waals surface area contributed by atoms with Crippen LogP contribution in [0.1, 0.15) is 43.0 Å². The van der Waals surface area contributed by atoms with Crippen molar-refractivity contribution in [2.45, 2.75) is 32.6 Å². The van der Waals surface area contributed by atoms with Gasteiger partial charge in [-0.1, -0.05) is 44.4 Å². The molecule has 0 aliphatic rings. The first-order valence-corrected chi connectivity index (χ1v) is 10.3. The van der Waals surface area contributed by atoms with Gasteiger partial charge in [0.15, 0.2) is 6.61 Å². The second kappa shape index (κ2) is 13.6. The fourth-order valence-corrected chi connectivity index (χ4v) is 2.56. The lowest BCUT2D eigenvalue weighted by molar-refractivity contribution is -0.127. The highest BCUT2D eigenvalue weighted by Gasteiger charge is 2.09. The summed E-state index contributed by atoms with van der Waals surface area (Å²) in [7, 11) is 0. The van der Waals surface area contributed by atoms with Gasteiger partial charge in [0.1, 0.15) is 11.5 Å². The molecule has 3 N–H and O–H groups in total. The van der Waals surface area contributed by atoms with Gasteiger partial charge in [-0.15, -0.1) is 0 Å². The zero-order valence-electron chi connectivity index (χ0n) is 17.7. The van der Waals surface area contributed by atoms with E-state index in [0.717, 1.165) is 12.8 Å². The molecule has 0 atom stereocenters. The van der Waals surface area contributed by atoms with E-state index in [1.807, 2.05) is 6.07 Å². The molecular formula is C23H29N3O5. The Kier molecular flexibility index (Phi) is 10.4. The maximum Gasteiger partial charge on any atom is 0.269 e. The number of benzene rings is 2. The van der Waals surface area contributed by atoms with Gasteiger partial charge in [-0.2, -0.15) is 0 Å². The van der Waals surface area contributed by atoms with E-state index in [1.165, 1.54) is 12.8 Å². The summed E-state index contributed by atoms with van der Waals surface area (Å²) in [5.41, 5.74) is 4.93. The molecule has 31 heavy (non-hydrogen) atoms. The molecule has 0 unspecified atom stereocenters. The Morgan fingerprint density at radius 1 is 0.774 bits per heavy atom. The molecule has 0 saturated carbocycles. The van der Waals surface area contributed by atoms with E-state index >= 15 is 0 Å². The lowest BCUT2D eigenvalue weighted by Gasteiger charge is -2.10. The smallest absolute Gasteiger partial charge is 0.269 e. The van der Waals surface area contributed by atoms with Gasteiger partial charge < -0.3 is 14.8 Å². The summed E-state index contributed by atoms with van der Waals surface area (Å²) in [6, 6.07) is 15.5. The second-order valence-electron chi connectivity index (χ2n) is 6.81. The van der Waals surface area contributed by atoms with Crippen LogP contribution in [0, 0.1) is 0 Å². The van der Waals surface area contributed by atoms with E-state index in [1.54, 1.807) is 48.5 Å². The molecule has 0 saturated heterocycles. The molecule has 3 amide bonds. The van der Waals surface area contributed by atoms with Crippen molar-refractivity contribution in [2.75, 3.05) is 19.8 Å². The van der Waals surface area contributed by atoms with Crippen molar-refractivity contribution >= 4 is 17.7 Å². The van der Waals surface area contributed by atoms with Crippen molar-refractivity contribution in [1.29, 1.82) is 0 Å². The van der Waals surface area contributed by atoms with Crippen LogP contribution in [0.15, 0.2) is 54.6 Å². The first-order chi connectivity index (χ1) is 15.1. The highest BCUT2D eigenvalue weighted by molar-refractivity contribution is 5.95. The Hall–Kier alpha value is -3.55. The van der Waals surface area contributed by atoms with E-state index < -0.39 is 17.7 Å². The number of nitrogens with one attached hydrogen (secondary N) is 3. The van der Waals surface area contributed by atoms with Crippen LogP contribution in [0.4, 0.5) is 0 Å². The Bertz CT molecular complexity index is 825. The minimum atomic E-state index is -0.562. The lowest BCUT2D eigenvalue weighted by atomic mass is 10.2. The van der Waals surface area contributed by atoms with Crippen LogP contribution < -0.4 is 25.6 Å². The summed E-state index contributed by atoms with van der Waals surface area (Å²) in [6.07, 6.45) is 4.50. The summed E-state index contributed by atoms with van der Waals surface area (Å²) in [5.74, 6) is -0.231. The molecule has 0 aliphatic carbocycles. The molecule has 0 radical (unpaired) electrons. The van der Waals surface area contributed by atoms with Crippen molar-refractivity contribution in [3.05, 3.63) is 60.2 Å². The van der Waals surface area contributed by atoms with Gasteiger partial charge >= 0.3 is 0 Å². The predicted molar refractivity (Wildman–Crippen MR) is 117 cm³/mol. The van der Waals surface area contributed by atoms with Crippen LogP contribution >= 0.6 is 0 Å². The molecule has 2 aromatic carbocycles. The molecule has 166 valence electrons. The molecule has 8 heteroatoms. The number of para-hydroxylation sites is 1. The van der Waals surface area contributed by atoms with Crippen LogP contribution in [0.3, 0.4) is 0 Å². The van der Waals surface area contributed by atoms with E-state index in [0.29, 0.717) is 23.7 Å². The third-order valence-electron chi connectivity index (χ3n) is 4.26. The van der Waals surface area contributed by atoms with Crippen molar-refractivity contribution in [1.82, 2.24) is 16.2 Å². The van der Waals surface area contributed by atoms with E-state index in [4.69, 9.17) is 9.47 Å². The highest BCUT2D eigenvalue weighted by Crippen LogP contribution is 2.13. The molecule has 0 spiro atoms. The summed E-state index contributed by atoms with van der Waals surface area (Å²) in [4.78, 5) is 35.6. The summed E-state index contributed by atoms with van der Waals surface area (Å²) < 4.78 is 10.9. The van der Waals surface area contributed by atoms with E-state index in [9.17, 15) is 14.4 Å². The quantitative estimate of drug-likeness (QED) is 0.357. The zero-order valence-corrected chi connectivity index (χ0v) is 17.7. The number of carbonyl (C=O) groups excluding carboxylic acids is 3. The van der Waals surface area contributed by atoms with Crippen molar-refractivity contribution in [3.63, 3.8) is 0 Å². The monoisotopic (exact) mass is 427 g/mol. The largest absolute Gasteiger partial charge is 0.494 e. The summed E-state index contributed by atoms with van der Waals surface area (Å²) in [5, 5.41) is 2.41. The number of hydrogen-bond acceptors (Lipinski definition) is 5. The number of rotatable bonds is 12. The zero-order chi connectivity index (χ0) is 22.3. The Balaban J connectivity index is 1.62. The number of unbranched alkanes of at least 4 members (excludes halogenated alkanes) is 3. The first kappa shape index (κ1) is 23.7.